The van der Waals surface area contributed by atoms with E-state index in [0.717, 1.165) is 42.7 Å². The monoisotopic (exact) mass is 472 g/mol. The molecule has 2 aliphatic rings. The van der Waals surface area contributed by atoms with Gasteiger partial charge in [0.05, 0.1) is 25.5 Å². The molecule has 35 heavy (non-hydrogen) atoms. The van der Waals surface area contributed by atoms with E-state index < -0.39 is 0 Å². The molecule has 2 aliphatic heterocycles. The number of anilines is 1. The maximum atomic E-state index is 13.9. The number of methoxy groups -OCH3 is 2. The highest BCUT2D eigenvalue weighted by molar-refractivity contribution is 6.09. The fourth-order valence-corrected chi connectivity index (χ4v) is 5.30. The number of carbonyl (C=O) groups excluding carboxylic acids is 1. The van der Waals surface area contributed by atoms with Crippen molar-refractivity contribution >= 4 is 11.6 Å². The minimum Gasteiger partial charge on any atom is -0.496 e. The summed E-state index contributed by atoms with van der Waals surface area (Å²) < 4.78 is 17.5. The van der Waals surface area contributed by atoms with Crippen molar-refractivity contribution in [1.29, 1.82) is 0 Å². The lowest BCUT2D eigenvalue weighted by Gasteiger charge is -2.38. The topological polar surface area (TPSA) is 51.2 Å². The molecule has 0 aliphatic carbocycles. The summed E-state index contributed by atoms with van der Waals surface area (Å²) in [6.45, 7) is 3.04. The zero-order valence-electron chi connectivity index (χ0n) is 20.6. The first kappa shape index (κ1) is 23.2. The van der Waals surface area contributed by atoms with Crippen LogP contribution in [0.3, 0.4) is 0 Å². The van der Waals surface area contributed by atoms with Gasteiger partial charge in [-0.15, -0.1) is 0 Å². The highest BCUT2D eigenvalue weighted by Gasteiger charge is 2.47. The minimum atomic E-state index is -0.106. The van der Waals surface area contributed by atoms with Crippen molar-refractivity contribution < 1.29 is 19.0 Å². The Morgan fingerprint density at radius 3 is 2.29 bits per heavy atom. The molecule has 3 aromatic rings. The maximum absolute atomic E-state index is 13.9. The number of hydrogen-bond donors (Lipinski definition) is 0. The molecule has 1 amide bonds. The van der Waals surface area contributed by atoms with Crippen molar-refractivity contribution in [2.75, 3.05) is 45.8 Å². The van der Waals surface area contributed by atoms with Crippen molar-refractivity contribution in [3.05, 3.63) is 83.4 Å². The first-order valence-corrected chi connectivity index (χ1v) is 12.1. The first-order chi connectivity index (χ1) is 17.0. The van der Waals surface area contributed by atoms with Gasteiger partial charge in [-0.1, -0.05) is 42.5 Å². The number of piperidine rings is 1. The van der Waals surface area contributed by atoms with Crippen LogP contribution in [-0.4, -0.2) is 51.7 Å². The van der Waals surface area contributed by atoms with Gasteiger partial charge in [0.1, 0.15) is 12.4 Å². The van der Waals surface area contributed by atoms with Gasteiger partial charge in [0, 0.05) is 18.0 Å². The number of fused-ring (bicyclic) bond motifs is 2. The van der Waals surface area contributed by atoms with Gasteiger partial charge in [0.2, 0.25) is 0 Å². The van der Waals surface area contributed by atoms with Crippen molar-refractivity contribution in [3.8, 4) is 17.2 Å². The van der Waals surface area contributed by atoms with Gasteiger partial charge < -0.3 is 24.0 Å². The predicted molar refractivity (Wildman–Crippen MR) is 137 cm³/mol. The van der Waals surface area contributed by atoms with Crippen molar-refractivity contribution in [1.82, 2.24) is 4.90 Å². The molecule has 0 N–H and O–H groups in total. The molecule has 182 valence electrons. The van der Waals surface area contributed by atoms with E-state index in [4.69, 9.17) is 14.2 Å². The Labute approximate surface area is 207 Å². The number of carbonyl (C=O) groups is 1. The van der Waals surface area contributed by atoms with Crippen LogP contribution >= 0.6 is 0 Å². The molecule has 1 spiro atoms. The lowest BCUT2D eigenvalue weighted by atomic mass is 9.74. The van der Waals surface area contributed by atoms with Crippen LogP contribution < -0.4 is 19.1 Å². The van der Waals surface area contributed by atoms with Crippen molar-refractivity contribution in [2.24, 2.45) is 0 Å². The summed E-state index contributed by atoms with van der Waals surface area (Å²) in [5, 5.41) is 0. The number of hydrogen-bond acceptors (Lipinski definition) is 5. The zero-order chi connectivity index (χ0) is 24.4. The lowest BCUT2D eigenvalue weighted by molar-refractivity contribution is 0.0976. The number of amides is 1. The fourth-order valence-electron chi connectivity index (χ4n) is 5.30. The first-order valence-electron chi connectivity index (χ1n) is 12.1. The Morgan fingerprint density at radius 1 is 0.886 bits per heavy atom. The zero-order valence-corrected chi connectivity index (χ0v) is 20.6. The Morgan fingerprint density at radius 2 is 1.57 bits per heavy atom. The average molecular weight is 473 g/mol. The number of rotatable bonds is 6. The van der Waals surface area contributed by atoms with Crippen molar-refractivity contribution in [2.45, 2.75) is 24.9 Å². The van der Waals surface area contributed by atoms with E-state index in [1.807, 2.05) is 65.6 Å². The number of benzene rings is 3. The molecule has 0 unspecified atom stereocenters. The van der Waals surface area contributed by atoms with E-state index in [2.05, 4.69) is 18.0 Å². The van der Waals surface area contributed by atoms with E-state index >= 15 is 0 Å². The highest BCUT2D eigenvalue weighted by Crippen LogP contribution is 2.51. The van der Waals surface area contributed by atoms with Gasteiger partial charge in [0.25, 0.3) is 5.91 Å². The number of ether oxygens (including phenoxy) is 3. The maximum Gasteiger partial charge on any atom is 0.262 e. The second-order valence-electron chi connectivity index (χ2n) is 9.47. The summed E-state index contributed by atoms with van der Waals surface area (Å²) in [7, 11) is 5.43. The molecule has 6 nitrogen and oxygen atoms in total. The van der Waals surface area contributed by atoms with Gasteiger partial charge in [-0.05, 0) is 62.3 Å². The number of likely N-dealkylation sites (tertiary alicyclic amines) is 1. The Balaban J connectivity index is 1.56. The smallest absolute Gasteiger partial charge is 0.262 e. The summed E-state index contributed by atoms with van der Waals surface area (Å²) in [4.78, 5) is 18.1. The summed E-state index contributed by atoms with van der Waals surface area (Å²) in [5.74, 6) is 1.86. The van der Waals surface area contributed by atoms with Gasteiger partial charge in [-0.25, -0.2) is 0 Å². The Bertz CT molecular complexity index is 1200. The quantitative estimate of drug-likeness (QED) is 0.510. The van der Waals surface area contributed by atoms with Crippen molar-refractivity contribution in [3.63, 3.8) is 0 Å². The molecule has 1 saturated heterocycles. The number of nitrogens with zero attached hydrogens (tertiary/aromatic N) is 2. The molecule has 0 aromatic heterocycles. The molecule has 0 radical (unpaired) electrons. The summed E-state index contributed by atoms with van der Waals surface area (Å²) in [6, 6.07) is 21.5. The van der Waals surface area contributed by atoms with E-state index in [1.54, 1.807) is 14.2 Å². The average Bonchev–Trinajstić information content (AvgIpc) is 3.21. The molecule has 0 bridgehead atoms. The Kier molecular flexibility index (Phi) is 6.39. The molecule has 2 heterocycles. The third-order valence-corrected chi connectivity index (χ3v) is 7.37. The standard InChI is InChI=1S/C29H32N2O4/c1-30-15-13-29(14-16-30)20-31(28(32)22-11-7-8-12-25(22)33-2)24-18-27(26(34-3)17-23(24)29)35-19-21-9-5-4-6-10-21/h4-12,17-18H,13-16,19-20H2,1-3H3. The van der Waals surface area contributed by atoms with E-state index in [1.165, 1.54) is 0 Å². The van der Waals surface area contributed by atoms with Crippen LogP contribution in [0.2, 0.25) is 0 Å². The van der Waals surface area contributed by atoms with E-state index in [9.17, 15) is 4.79 Å². The molecule has 0 saturated carbocycles. The normalized spacial score (nSPS) is 16.7. The fraction of sp³-hybridized carbons (Fsp3) is 0.345. The number of para-hydroxylation sites is 1. The molecule has 1 fully saturated rings. The van der Waals surface area contributed by atoms with Crippen LogP contribution in [0.4, 0.5) is 5.69 Å². The molecular weight excluding hydrogens is 440 g/mol. The predicted octanol–water partition coefficient (Wildman–Crippen LogP) is 4.91. The highest BCUT2D eigenvalue weighted by atomic mass is 16.5. The largest absolute Gasteiger partial charge is 0.496 e. The SMILES string of the molecule is COc1cc2c(cc1OCc1ccccc1)N(C(=O)c1ccccc1OC)CC21CCN(C)CC1. The van der Waals surface area contributed by atoms with Crippen LogP contribution in [0.15, 0.2) is 66.7 Å². The van der Waals surface area contributed by atoms with Gasteiger partial charge in [-0.3, -0.25) is 4.79 Å². The third-order valence-electron chi connectivity index (χ3n) is 7.37. The van der Waals surface area contributed by atoms with Crippen LogP contribution in [0, 0.1) is 0 Å². The summed E-state index contributed by atoms with van der Waals surface area (Å²) in [5.41, 5.74) is 3.59. The van der Waals surface area contributed by atoms with Crippen LogP contribution in [-0.2, 0) is 12.0 Å². The molecule has 6 heteroatoms. The molecule has 3 aromatic carbocycles. The minimum absolute atomic E-state index is 0.0568. The van der Waals surface area contributed by atoms with Gasteiger partial charge >= 0.3 is 0 Å². The van der Waals surface area contributed by atoms with Gasteiger partial charge in [-0.2, -0.15) is 0 Å². The third kappa shape index (κ3) is 4.34. The second-order valence-corrected chi connectivity index (χ2v) is 9.47. The van der Waals surface area contributed by atoms with E-state index in [0.29, 0.717) is 36.0 Å². The van der Waals surface area contributed by atoms with Crippen LogP contribution in [0.1, 0.15) is 34.3 Å². The molecule has 0 atom stereocenters. The van der Waals surface area contributed by atoms with Crippen LogP contribution in [0.5, 0.6) is 17.2 Å². The molecule has 5 rings (SSSR count). The summed E-state index contributed by atoms with van der Waals surface area (Å²) >= 11 is 0. The van der Waals surface area contributed by atoms with E-state index in [-0.39, 0.29) is 11.3 Å². The summed E-state index contributed by atoms with van der Waals surface area (Å²) in [6.07, 6.45) is 1.97. The van der Waals surface area contributed by atoms with Gasteiger partial charge in [0.15, 0.2) is 11.5 Å². The lowest BCUT2D eigenvalue weighted by Crippen LogP contribution is -2.44. The van der Waals surface area contributed by atoms with Crippen LogP contribution in [0.25, 0.3) is 0 Å². The Hall–Kier alpha value is -3.51. The molecular formula is C29H32N2O4. The second kappa shape index (κ2) is 9.62.